The fraction of sp³-hybridized carbons (Fsp3) is 0.824. The van der Waals surface area contributed by atoms with Crippen molar-refractivity contribution in [3.63, 3.8) is 0 Å². The molecule has 0 heterocycles. The molecule has 0 bridgehead atoms. The van der Waals surface area contributed by atoms with E-state index in [0.29, 0.717) is 42.5 Å². The van der Waals surface area contributed by atoms with Crippen molar-refractivity contribution in [1.82, 2.24) is 0 Å². The van der Waals surface area contributed by atoms with Crippen LogP contribution in [-0.2, 0) is 13.9 Å². The molecule has 0 spiro atoms. The van der Waals surface area contributed by atoms with Crippen molar-refractivity contribution in [2.75, 3.05) is 27.1 Å². The van der Waals surface area contributed by atoms with Crippen molar-refractivity contribution in [2.24, 2.45) is 40.4 Å². The van der Waals surface area contributed by atoms with Gasteiger partial charge >= 0.3 is 0 Å². The lowest BCUT2D eigenvalue weighted by Crippen LogP contribution is -2.52. The molecule has 0 aromatic carbocycles. The topological polar surface area (TPSA) is 27.7 Å². The molecule has 2 saturated carbocycles. The molecule has 6 atom stereocenters. The normalized spacial score (nSPS) is 34.2. The monoisotopic (exact) mass is 544 g/mol. The summed E-state index contributed by atoms with van der Waals surface area (Å²) in [7, 11) is -0.213. The number of fused-ring (bicyclic) bond motifs is 1. The Morgan fingerprint density at radius 1 is 1.16 bits per heavy atom. The quantitative estimate of drug-likeness (QED) is 0.106. The Morgan fingerprint density at radius 3 is 2.39 bits per heavy atom. The summed E-state index contributed by atoms with van der Waals surface area (Å²) < 4.78 is 18.3. The standard InChI is InChI=1S/C34H60O3Si/c1-13-30-31-28(25(4)5)16-17-33(31,9)18-19-34(30,22-37-38(11,12)32(6,7)8)20-29-26(21-36-23-35-10)14-15-27(29)24(2)3/h13,25,27-28,30-31H,1-2,14-23H2,3-12H3/t27-,28+,30-,31-,33-,34+/m0/s1. The third kappa shape index (κ3) is 6.29. The first kappa shape index (κ1) is 31.8. The molecule has 0 aromatic heterocycles. The third-order valence-electron chi connectivity index (χ3n) is 11.5. The maximum atomic E-state index is 7.18. The molecule has 3 aliphatic rings. The number of allylic oxidation sites excluding steroid dienone is 3. The van der Waals surface area contributed by atoms with Crippen LogP contribution in [-0.4, -0.2) is 35.4 Å². The van der Waals surface area contributed by atoms with Gasteiger partial charge in [-0.2, -0.15) is 0 Å². The number of methoxy groups -OCH3 is 1. The lowest BCUT2D eigenvalue weighted by molar-refractivity contribution is -0.0564. The lowest BCUT2D eigenvalue weighted by atomic mass is 9.50. The molecule has 0 N–H and O–H groups in total. The fourth-order valence-electron chi connectivity index (χ4n) is 8.03. The van der Waals surface area contributed by atoms with E-state index in [-0.39, 0.29) is 10.5 Å². The number of ether oxygens (including phenoxy) is 2. The zero-order valence-corrected chi connectivity index (χ0v) is 27.7. The van der Waals surface area contributed by atoms with Crippen molar-refractivity contribution in [1.29, 1.82) is 0 Å². The zero-order valence-electron chi connectivity index (χ0n) is 26.7. The Balaban J connectivity index is 2.08. The Kier molecular flexibility index (Phi) is 10.1. The van der Waals surface area contributed by atoms with E-state index in [1.54, 1.807) is 12.7 Å². The molecule has 0 saturated heterocycles. The van der Waals surface area contributed by atoms with Gasteiger partial charge in [-0.15, -0.1) is 6.58 Å². The first-order valence-electron chi connectivity index (χ1n) is 15.3. The summed E-state index contributed by atoms with van der Waals surface area (Å²) in [5.41, 5.74) is 4.83. The minimum atomic E-state index is -1.92. The van der Waals surface area contributed by atoms with Gasteiger partial charge in [0.15, 0.2) is 8.32 Å². The molecule has 3 nitrogen and oxygen atoms in total. The van der Waals surface area contributed by atoms with Gasteiger partial charge in [-0.25, -0.2) is 0 Å². The van der Waals surface area contributed by atoms with Crippen LogP contribution < -0.4 is 0 Å². The molecule has 0 radical (unpaired) electrons. The van der Waals surface area contributed by atoms with E-state index in [4.69, 9.17) is 13.9 Å². The third-order valence-corrected chi connectivity index (χ3v) is 15.9. The second-order valence-corrected chi connectivity index (χ2v) is 20.1. The summed E-state index contributed by atoms with van der Waals surface area (Å²) in [4.78, 5) is 0. The van der Waals surface area contributed by atoms with E-state index >= 15 is 0 Å². The van der Waals surface area contributed by atoms with Crippen molar-refractivity contribution >= 4 is 8.32 Å². The van der Waals surface area contributed by atoms with E-state index in [1.165, 1.54) is 36.8 Å². The van der Waals surface area contributed by atoms with Gasteiger partial charge < -0.3 is 13.9 Å². The summed E-state index contributed by atoms with van der Waals surface area (Å²) in [5.74, 6) is 3.04. The van der Waals surface area contributed by atoms with Gasteiger partial charge in [-0.05, 0) is 105 Å². The number of rotatable bonds is 12. The van der Waals surface area contributed by atoms with Gasteiger partial charge in [-0.3, -0.25) is 0 Å². The van der Waals surface area contributed by atoms with E-state index in [0.717, 1.165) is 31.8 Å². The average molecular weight is 545 g/mol. The minimum absolute atomic E-state index is 0.0683. The molecule has 0 aromatic rings. The largest absolute Gasteiger partial charge is 0.416 e. The van der Waals surface area contributed by atoms with E-state index in [9.17, 15) is 0 Å². The van der Waals surface area contributed by atoms with Gasteiger partial charge in [0.25, 0.3) is 0 Å². The predicted molar refractivity (Wildman–Crippen MR) is 165 cm³/mol. The molecule has 218 valence electrons. The smallest absolute Gasteiger partial charge is 0.192 e. The van der Waals surface area contributed by atoms with Crippen molar-refractivity contribution in [3.05, 3.63) is 36.0 Å². The van der Waals surface area contributed by atoms with Crippen LogP contribution in [0.1, 0.15) is 93.4 Å². The Bertz CT molecular complexity index is 881. The van der Waals surface area contributed by atoms with Crippen LogP contribution in [0.5, 0.6) is 0 Å². The zero-order chi connectivity index (χ0) is 28.5. The van der Waals surface area contributed by atoms with Crippen molar-refractivity contribution in [3.8, 4) is 0 Å². The summed E-state index contributed by atoms with van der Waals surface area (Å²) in [6, 6.07) is 0. The van der Waals surface area contributed by atoms with E-state index < -0.39 is 8.32 Å². The predicted octanol–water partition coefficient (Wildman–Crippen LogP) is 9.57. The summed E-state index contributed by atoms with van der Waals surface area (Å²) in [5, 5.41) is 0.195. The molecular weight excluding hydrogens is 484 g/mol. The average Bonchev–Trinajstić information content (AvgIpc) is 3.38. The highest BCUT2D eigenvalue weighted by Crippen LogP contribution is 2.65. The Morgan fingerprint density at radius 2 is 1.84 bits per heavy atom. The molecule has 4 heteroatoms. The van der Waals surface area contributed by atoms with Crippen LogP contribution in [0.3, 0.4) is 0 Å². The molecule has 0 unspecified atom stereocenters. The number of hydrogen-bond acceptors (Lipinski definition) is 3. The van der Waals surface area contributed by atoms with E-state index in [1.807, 2.05) is 0 Å². The maximum Gasteiger partial charge on any atom is 0.192 e. The van der Waals surface area contributed by atoms with Crippen LogP contribution in [0.2, 0.25) is 18.1 Å². The van der Waals surface area contributed by atoms with Crippen molar-refractivity contribution in [2.45, 2.75) is 112 Å². The highest BCUT2D eigenvalue weighted by molar-refractivity contribution is 6.74. The molecule has 3 rings (SSSR count). The second kappa shape index (κ2) is 12.0. The van der Waals surface area contributed by atoms with Crippen molar-refractivity contribution < 1.29 is 13.9 Å². The molecule has 3 aliphatic carbocycles. The SMILES string of the molecule is C=C[C@H]1[C@@H]2[C@@H](C(C)C)CC[C@@]2(C)CC[C@]1(CO[Si](C)(C)C(C)(C)C)CC1=C(COCOC)CC[C@H]1C(=C)C. The Labute approximate surface area is 237 Å². The second-order valence-electron chi connectivity index (χ2n) is 15.3. The van der Waals surface area contributed by atoms with Gasteiger partial charge in [0.2, 0.25) is 0 Å². The van der Waals surface area contributed by atoms with Crippen LogP contribution >= 0.6 is 0 Å². The molecule has 2 fully saturated rings. The highest BCUT2D eigenvalue weighted by Gasteiger charge is 2.59. The first-order chi connectivity index (χ1) is 17.6. The Hall–Kier alpha value is -0.683. The van der Waals surface area contributed by atoms with Gasteiger partial charge in [0.1, 0.15) is 6.79 Å². The van der Waals surface area contributed by atoms with Crippen LogP contribution in [0.4, 0.5) is 0 Å². The van der Waals surface area contributed by atoms with E-state index in [2.05, 4.69) is 80.8 Å². The maximum absolute atomic E-state index is 7.18. The molecule has 0 aliphatic heterocycles. The minimum Gasteiger partial charge on any atom is -0.416 e. The summed E-state index contributed by atoms with van der Waals surface area (Å²) in [6.45, 7) is 32.5. The van der Waals surface area contributed by atoms with Crippen LogP contribution in [0.15, 0.2) is 36.0 Å². The molecular formula is C34H60O3Si. The number of hydrogen-bond donors (Lipinski definition) is 0. The van der Waals surface area contributed by atoms with Gasteiger partial charge in [0.05, 0.1) is 6.61 Å². The summed E-state index contributed by atoms with van der Waals surface area (Å²) >= 11 is 0. The first-order valence-corrected chi connectivity index (χ1v) is 18.2. The molecule has 0 amide bonds. The van der Waals surface area contributed by atoms with Crippen LogP contribution in [0.25, 0.3) is 0 Å². The lowest BCUT2D eigenvalue weighted by Gasteiger charge is -2.56. The van der Waals surface area contributed by atoms with Crippen LogP contribution in [0, 0.1) is 40.4 Å². The fourth-order valence-corrected chi connectivity index (χ4v) is 9.11. The molecule has 38 heavy (non-hydrogen) atoms. The summed E-state index contributed by atoms with van der Waals surface area (Å²) in [6.07, 6.45) is 10.9. The highest BCUT2D eigenvalue weighted by atomic mass is 28.4. The van der Waals surface area contributed by atoms with Gasteiger partial charge in [0, 0.05) is 25.0 Å². The van der Waals surface area contributed by atoms with Gasteiger partial charge in [-0.1, -0.05) is 65.3 Å².